The van der Waals surface area contributed by atoms with Crippen molar-refractivity contribution in [3.63, 3.8) is 0 Å². The topological polar surface area (TPSA) is 96.0 Å². The number of nitrogens with zero attached hydrogens (tertiary/aromatic N) is 2. The van der Waals surface area contributed by atoms with Gasteiger partial charge in [-0.1, -0.05) is 41.3 Å². The van der Waals surface area contributed by atoms with E-state index < -0.39 is 6.03 Å². The molecule has 3 amide bonds. The highest BCUT2D eigenvalue weighted by Gasteiger charge is 2.11. The highest BCUT2D eigenvalue weighted by atomic mass is 32.2. The monoisotopic (exact) mass is 351 g/mol. The minimum atomic E-state index is -0.491. The fraction of sp³-hybridized carbons (Fsp3) is 0.286. The van der Waals surface area contributed by atoms with Crippen LogP contribution in [0.15, 0.2) is 34.7 Å². The molecule has 2 aromatic rings. The number of hydrogen-bond donors (Lipinski definition) is 3. The molecular formula is C14H17N5O2S2. The number of urea groups is 1. The van der Waals surface area contributed by atoms with Crippen LogP contribution in [0.3, 0.4) is 0 Å². The second-order valence-corrected chi connectivity index (χ2v) is 7.03. The van der Waals surface area contributed by atoms with Crippen LogP contribution in [0.5, 0.6) is 0 Å². The van der Waals surface area contributed by atoms with Gasteiger partial charge in [0.05, 0.1) is 5.75 Å². The molecule has 0 saturated heterocycles. The molecule has 0 saturated carbocycles. The molecule has 1 aromatic heterocycles. The van der Waals surface area contributed by atoms with Gasteiger partial charge >= 0.3 is 6.03 Å². The van der Waals surface area contributed by atoms with Crippen LogP contribution in [0, 0.1) is 0 Å². The van der Waals surface area contributed by atoms with Crippen LogP contribution >= 0.6 is 23.1 Å². The standard InChI is InChI=1S/C14H17N5O2S2/c1-9(2)15-12(21)17-11(20)8-22-14-19-18-13(23-14)16-10-6-4-3-5-7-10/h3-7,9H,8H2,1-2H3,(H,16,18)(H2,15,17,20,21). The first-order valence-electron chi connectivity index (χ1n) is 6.91. The zero-order valence-electron chi connectivity index (χ0n) is 12.7. The van der Waals surface area contributed by atoms with Gasteiger partial charge in [0.1, 0.15) is 0 Å². The summed E-state index contributed by atoms with van der Waals surface area (Å²) in [5.74, 6) is -0.271. The fourth-order valence-corrected chi connectivity index (χ4v) is 3.12. The number of imide groups is 1. The van der Waals surface area contributed by atoms with Crippen molar-refractivity contribution in [2.24, 2.45) is 0 Å². The van der Waals surface area contributed by atoms with Crippen molar-refractivity contribution in [2.45, 2.75) is 24.2 Å². The third kappa shape index (κ3) is 6.25. The molecule has 7 nitrogen and oxygen atoms in total. The van der Waals surface area contributed by atoms with Crippen LogP contribution in [0.4, 0.5) is 15.6 Å². The maximum atomic E-state index is 11.7. The van der Waals surface area contributed by atoms with Crippen LogP contribution in [-0.2, 0) is 4.79 Å². The molecular weight excluding hydrogens is 334 g/mol. The zero-order valence-corrected chi connectivity index (χ0v) is 14.3. The number of anilines is 2. The second-order valence-electron chi connectivity index (χ2n) is 4.83. The van der Waals surface area contributed by atoms with Crippen molar-refractivity contribution in [2.75, 3.05) is 11.1 Å². The van der Waals surface area contributed by atoms with E-state index in [9.17, 15) is 9.59 Å². The predicted molar refractivity (Wildman–Crippen MR) is 92.2 cm³/mol. The Kier molecular flexibility index (Phi) is 6.36. The molecule has 0 atom stereocenters. The number of aromatic nitrogens is 2. The van der Waals surface area contributed by atoms with Crippen molar-refractivity contribution >= 4 is 45.9 Å². The maximum absolute atomic E-state index is 11.7. The lowest BCUT2D eigenvalue weighted by atomic mass is 10.3. The molecule has 122 valence electrons. The highest BCUT2D eigenvalue weighted by Crippen LogP contribution is 2.27. The van der Waals surface area contributed by atoms with Crippen molar-refractivity contribution in [3.8, 4) is 0 Å². The summed E-state index contributed by atoms with van der Waals surface area (Å²) in [5, 5.41) is 16.6. The van der Waals surface area contributed by atoms with Crippen LogP contribution < -0.4 is 16.0 Å². The molecule has 0 aliphatic rings. The fourth-order valence-electron chi connectivity index (χ4n) is 1.55. The molecule has 0 radical (unpaired) electrons. The van der Waals surface area contributed by atoms with Gasteiger partial charge in [-0.15, -0.1) is 10.2 Å². The average molecular weight is 351 g/mol. The number of carbonyl (C=O) groups excluding carboxylic acids is 2. The number of para-hydroxylation sites is 1. The summed E-state index contributed by atoms with van der Waals surface area (Å²) >= 11 is 2.58. The van der Waals surface area contributed by atoms with Gasteiger partial charge in [-0.05, 0) is 26.0 Å². The Balaban J connectivity index is 1.78. The molecule has 9 heteroatoms. The molecule has 0 bridgehead atoms. The van der Waals surface area contributed by atoms with Gasteiger partial charge in [0.25, 0.3) is 0 Å². The number of amides is 3. The number of hydrogen-bond acceptors (Lipinski definition) is 7. The smallest absolute Gasteiger partial charge is 0.321 e. The van der Waals surface area contributed by atoms with Crippen LogP contribution in [-0.4, -0.2) is 33.9 Å². The maximum Gasteiger partial charge on any atom is 0.321 e. The lowest BCUT2D eigenvalue weighted by molar-refractivity contribution is -0.117. The number of thioether (sulfide) groups is 1. The molecule has 3 N–H and O–H groups in total. The summed E-state index contributed by atoms with van der Waals surface area (Å²) in [6.45, 7) is 3.64. The second kappa shape index (κ2) is 8.49. The summed E-state index contributed by atoms with van der Waals surface area (Å²) in [6, 6.07) is 9.11. The highest BCUT2D eigenvalue weighted by molar-refractivity contribution is 8.01. The van der Waals surface area contributed by atoms with Gasteiger partial charge in [0, 0.05) is 11.7 Å². The van der Waals surface area contributed by atoms with E-state index in [-0.39, 0.29) is 17.7 Å². The summed E-state index contributed by atoms with van der Waals surface area (Å²) in [7, 11) is 0. The van der Waals surface area contributed by atoms with E-state index in [1.54, 1.807) is 0 Å². The third-order valence-electron chi connectivity index (χ3n) is 2.43. The Hall–Kier alpha value is -2.13. The summed E-state index contributed by atoms with van der Waals surface area (Å²) in [6.07, 6.45) is 0. The Morgan fingerprint density at radius 3 is 2.65 bits per heavy atom. The first-order chi connectivity index (χ1) is 11.0. The molecule has 0 spiro atoms. The average Bonchev–Trinajstić information content (AvgIpc) is 2.93. The minimum absolute atomic E-state index is 0.0229. The van der Waals surface area contributed by atoms with E-state index in [0.29, 0.717) is 9.47 Å². The van der Waals surface area contributed by atoms with E-state index in [1.165, 1.54) is 23.1 Å². The van der Waals surface area contributed by atoms with E-state index >= 15 is 0 Å². The number of carbonyl (C=O) groups is 2. The Morgan fingerprint density at radius 1 is 1.22 bits per heavy atom. The quantitative estimate of drug-likeness (QED) is 0.692. The largest absolute Gasteiger partial charge is 0.336 e. The Bertz CT molecular complexity index is 660. The number of benzene rings is 1. The molecule has 0 unspecified atom stereocenters. The zero-order chi connectivity index (χ0) is 16.7. The van der Waals surface area contributed by atoms with Crippen LogP contribution in [0.1, 0.15) is 13.8 Å². The van der Waals surface area contributed by atoms with Gasteiger partial charge in [0.15, 0.2) is 4.34 Å². The summed E-state index contributed by atoms with van der Waals surface area (Å²) in [5.41, 5.74) is 0.920. The lowest BCUT2D eigenvalue weighted by Crippen LogP contribution is -2.43. The number of rotatable bonds is 6. The van der Waals surface area contributed by atoms with Crippen LogP contribution in [0.25, 0.3) is 0 Å². The first kappa shape index (κ1) is 17.2. The summed E-state index contributed by atoms with van der Waals surface area (Å²) in [4.78, 5) is 23.0. The van der Waals surface area contributed by atoms with Gasteiger partial charge < -0.3 is 10.6 Å². The molecule has 2 rings (SSSR count). The van der Waals surface area contributed by atoms with E-state index in [4.69, 9.17) is 0 Å². The van der Waals surface area contributed by atoms with Gasteiger partial charge in [-0.2, -0.15) is 0 Å². The SMILES string of the molecule is CC(C)NC(=O)NC(=O)CSc1nnc(Nc2ccccc2)s1. The predicted octanol–water partition coefficient (Wildman–Crippen LogP) is 2.61. The lowest BCUT2D eigenvalue weighted by Gasteiger charge is -2.08. The Morgan fingerprint density at radius 2 is 1.96 bits per heavy atom. The summed E-state index contributed by atoms with van der Waals surface area (Å²) < 4.78 is 0.655. The van der Waals surface area contributed by atoms with Crippen molar-refractivity contribution < 1.29 is 9.59 Å². The molecule has 0 aliphatic carbocycles. The van der Waals surface area contributed by atoms with E-state index in [0.717, 1.165) is 5.69 Å². The Labute approximate surface area is 142 Å². The third-order valence-corrected chi connectivity index (χ3v) is 4.40. The first-order valence-corrected chi connectivity index (χ1v) is 8.72. The molecule has 23 heavy (non-hydrogen) atoms. The number of nitrogens with one attached hydrogen (secondary N) is 3. The van der Waals surface area contributed by atoms with Crippen molar-refractivity contribution in [1.82, 2.24) is 20.8 Å². The van der Waals surface area contributed by atoms with Crippen molar-refractivity contribution in [3.05, 3.63) is 30.3 Å². The molecule has 0 fully saturated rings. The molecule has 0 aliphatic heterocycles. The van der Waals surface area contributed by atoms with Crippen molar-refractivity contribution in [1.29, 1.82) is 0 Å². The van der Waals surface area contributed by atoms with Crippen LogP contribution in [0.2, 0.25) is 0 Å². The normalized spacial score (nSPS) is 10.4. The van der Waals surface area contributed by atoms with E-state index in [2.05, 4.69) is 26.1 Å². The molecule has 1 aromatic carbocycles. The van der Waals surface area contributed by atoms with E-state index in [1.807, 2.05) is 44.2 Å². The van der Waals surface area contributed by atoms with Gasteiger partial charge in [0.2, 0.25) is 11.0 Å². The minimum Gasteiger partial charge on any atom is -0.336 e. The molecule has 1 heterocycles. The van der Waals surface area contributed by atoms with Gasteiger partial charge in [-0.25, -0.2) is 4.79 Å². The van der Waals surface area contributed by atoms with Gasteiger partial charge in [-0.3, -0.25) is 10.1 Å².